The molecule has 1 atom stereocenters. The summed E-state index contributed by atoms with van der Waals surface area (Å²) in [5, 5.41) is 1.59. The lowest BCUT2D eigenvalue weighted by molar-refractivity contribution is -0.138. The van der Waals surface area contributed by atoms with E-state index in [-0.39, 0.29) is 5.78 Å². The van der Waals surface area contributed by atoms with Gasteiger partial charge in [0.2, 0.25) is 0 Å². The zero-order valence-electron chi connectivity index (χ0n) is 23.4. The van der Waals surface area contributed by atoms with Crippen LogP contribution in [0.1, 0.15) is 44.9 Å². The van der Waals surface area contributed by atoms with Gasteiger partial charge in [-0.2, -0.15) is 0 Å². The number of likely N-dealkylation sites (N-methyl/N-ethyl adjacent to an activating group) is 1. The third-order valence-corrected chi connectivity index (χ3v) is 8.37. The van der Waals surface area contributed by atoms with Gasteiger partial charge in [0.15, 0.2) is 5.78 Å². The summed E-state index contributed by atoms with van der Waals surface area (Å²) in [6.45, 7) is 13.5. The molecule has 8 heteroatoms. The van der Waals surface area contributed by atoms with Crippen LogP contribution < -0.4 is 4.90 Å². The highest BCUT2D eigenvalue weighted by molar-refractivity contribution is 7.22. The lowest BCUT2D eigenvalue weighted by Gasteiger charge is -2.33. The fourth-order valence-corrected chi connectivity index (χ4v) is 6.28. The van der Waals surface area contributed by atoms with E-state index < -0.39 is 11.7 Å². The minimum atomic E-state index is -0.699. The molecule has 3 heterocycles. The van der Waals surface area contributed by atoms with Gasteiger partial charge in [-0.05, 0) is 83.1 Å². The Morgan fingerprint density at radius 2 is 1.74 bits per heavy atom. The molecule has 4 aromatic rings. The van der Waals surface area contributed by atoms with Gasteiger partial charge in [0, 0.05) is 54.1 Å². The van der Waals surface area contributed by atoms with Gasteiger partial charge >= 0.3 is 0 Å². The van der Waals surface area contributed by atoms with Crippen molar-refractivity contribution in [3.8, 4) is 21.7 Å². The van der Waals surface area contributed by atoms with E-state index in [0.717, 1.165) is 75.0 Å². The Kier molecular flexibility index (Phi) is 7.80. The van der Waals surface area contributed by atoms with Crippen LogP contribution in [0.2, 0.25) is 5.02 Å². The number of hydrogen-bond donors (Lipinski definition) is 0. The van der Waals surface area contributed by atoms with Crippen molar-refractivity contribution in [3.63, 3.8) is 0 Å². The Labute approximate surface area is 239 Å². The standard InChI is InChI=1S/C31H35ClN4O2S/c1-19-17-24-29(39-30(34-24)22-11-12-33-25(18-22)36-15-13-35(6)14-16-36)27(21-7-9-23(32)10-8-21)26(19)28(20(2)37)38-31(3,4)5/h7-12,17-18,28H,13-16H2,1-6H3/t28-/m1/s1. The maximum atomic E-state index is 13.0. The summed E-state index contributed by atoms with van der Waals surface area (Å²) >= 11 is 7.89. The number of anilines is 1. The molecule has 2 aromatic carbocycles. The SMILES string of the molecule is CC(=O)[C@@H](OC(C)(C)C)c1c(C)cc2nc(-c3ccnc(N4CCN(C)CC4)c3)sc2c1-c1ccc(Cl)cc1. The molecule has 1 aliphatic rings. The molecular weight excluding hydrogens is 528 g/mol. The first kappa shape index (κ1) is 27.7. The Morgan fingerprint density at radius 3 is 2.38 bits per heavy atom. The van der Waals surface area contributed by atoms with E-state index in [1.807, 2.05) is 64.2 Å². The normalized spacial score (nSPS) is 15.6. The molecule has 1 fully saturated rings. The number of ketones is 1. The number of fused-ring (bicyclic) bond motifs is 1. The first-order valence-corrected chi connectivity index (χ1v) is 14.5. The topological polar surface area (TPSA) is 58.6 Å². The molecule has 6 nitrogen and oxygen atoms in total. The molecule has 0 spiro atoms. The largest absolute Gasteiger partial charge is 0.360 e. The Bertz CT molecular complexity index is 1500. The molecule has 1 aliphatic heterocycles. The maximum Gasteiger partial charge on any atom is 0.163 e. The summed E-state index contributed by atoms with van der Waals surface area (Å²) in [5.41, 5.74) is 5.26. The highest BCUT2D eigenvalue weighted by Gasteiger charge is 2.30. The number of pyridine rings is 1. The molecule has 0 aliphatic carbocycles. The number of Topliss-reactive ketones (excluding diaryl/α,β-unsaturated/α-hetero) is 1. The van der Waals surface area contributed by atoms with Crippen LogP contribution in [0.15, 0.2) is 48.7 Å². The smallest absolute Gasteiger partial charge is 0.163 e. The molecule has 0 saturated carbocycles. The number of benzene rings is 2. The lowest BCUT2D eigenvalue weighted by atomic mass is 9.90. The Balaban J connectivity index is 1.67. The molecule has 5 rings (SSSR count). The van der Waals surface area contributed by atoms with Gasteiger partial charge in [0.25, 0.3) is 0 Å². The van der Waals surface area contributed by atoms with Gasteiger partial charge in [0.05, 0.1) is 15.8 Å². The predicted molar refractivity (Wildman–Crippen MR) is 162 cm³/mol. The van der Waals surface area contributed by atoms with Crippen molar-refractivity contribution in [1.82, 2.24) is 14.9 Å². The zero-order chi connectivity index (χ0) is 27.9. The van der Waals surface area contributed by atoms with Gasteiger partial charge in [-0.3, -0.25) is 4.79 Å². The van der Waals surface area contributed by atoms with Crippen molar-refractivity contribution in [3.05, 3.63) is 64.8 Å². The second-order valence-corrected chi connectivity index (χ2v) is 12.7. The average molecular weight is 563 g/mol. The number of carbonyl (C=O) groups is 1. The van der Waals surface area contributed by atoms with Gasteiger partial charge < -0.3 is 14.5 Å². The van der Waals surface area contributed by atoms with Crippen LogP contribution >= 0.6 is 22.9 Å². The molecule has 0 radical (unpaired) electrons. The van der Waals surface area contributed by atoms with E-state index in [0.29, 0.717) is 5.02 Å². The zero-order valence-corrected chi connectivity index (χ0v) is 25.0. The first-order valence-electron chi connectivity index (χ1n) is 13.3. The number of halogens is 1. The number of carbonyl (C=O) groups excluding carboxylic acids is 1. The fraction of sp³-hybridized carbons (Fsp3) is 0.387. The van der Waals surface area contributed by atoms with Gasteiger partial charge in [-0.1, -0.05) is 23.7 Å². The number of aromatic nitrogens is 2. The van der Waals surface area contributed by atoms with E-state index in [9.17, 15) is 4.79 Å². The van der Waals surface area contributed by atoms with Gasteiger partial charge in [-0.15, -0.1) is 11.3 Å². The molecular formula is C31H35ClN4O2S. The molecule has 1 saturated heterocycles. The molecule has 0 N–H and O–H groups in total. The molecule has 39 heavy (non-hydrogen) atoms. The summed E-state index contributed by atoms with van der Waals surface area (Å²) in [5.74, 6) is 0.947. The minimum absolute atomic E-state index is 0.0294. The van der Waals surface area contributed by atoms with E-state index in [1.165, 1.54) is 0 Å². The number of nitrogens with zero attached hydrogens (tertiary/aromatic N) is 4. The van der Waals surface area contributed by atoms with Crippen LogP contribution in [-0.2, 0) is 9.53 Å². The second kappa shape index (κ2) is 11.0. The quantitative estimate of drug-likeness (QED) is 0.248. The Hall–Kier alpha value is -2.84. The summed E-state index contributed by atoms with van der Waals surface area (Å²) in [4.78, 5) is 27.4. The molecule has 0 bridgehead atoms. The number of thiazole rings is 1. The summed E-state index contributed by atoms with van der Waals surface area (Å²) in [6.07, 6.45) is 1.17. The van der Waals surface area contributed by atoms with Crippen LogP contribution in [0.25, 0.3) is 31.9 Å². The van der Waals surface area contributed by atoms with E-state index in [2.05, 4.69) is 34.0 Å². The van der Waals surface area contributed by atoms with Crippen LogP contribution in [-0.4, -0.2) is 59.5 Å². The van der Waals surface area contributed by atoms with Gasteiger partial charge in [0.1, 0.15) is 16.9 Å². The van der Waals surface area contributed by atoms with Crippen molar-refractivity contribution in [2.75, 3.05) is 38.1 Å². The summed E-state index contributed by atoms with van der Waals surface area (Å²) in [6, 6.07) is 14.0. The molecule has 204 valence electrons. The number of aryl methyl sites for hydroxylation is 1. The minimum Gasteiger partial charge on any atom is -0.360 e. The highest BCUT2D eigenvalue weighted by atomic mass is 35.5. The Morgan fingerprint density at radius 1 is 1.05 bits per heavy atom. The summed E-state index contributed by atoms with van der Waals surface area (Å²) in [7, 11) is 2.15. The number of ether oxygens (including phenoxy) is 1. The third-order valence-electron chi connectivity index (χ3n) is 6.98. The van der Waals surface area contributed by atoms with Crippen LogP contribution in [0, 0.1) is 6.92 Å². The van der Waals surface area contributed by atoms with Crippen molar-refractivity contribution in [2.45, 2.75) is 46.3 Å². The number of rotatable bonds is 6. The number of hydrogen-bond acceptors (Lipinski definition) is 7. The van der Waals surface area contributed by atoms with Crippen LogP contribution in [0.3, 0.4) is 0 Å². The molecule has 0 unspecified atom stereocenters. The maximum absolute atomic E-state index is 13.0. The van der Waals surface area contributed by atoms with E-state index in [1.54, 1.807) is 18.3 Å². The van der Waals surface area contributed by atoms with E-state index in [4.69, 9.17) is 21.3 Å². The van der Waals surface area contributed by atoms with Gasteiger partial charge in [-0.25, -0.2) is 9.97 Å². The molecule has 0 amide bonds. The number of piperazine rings is 1. The molecule has 2 aromatic heterocycles. The highest BCUT2D eigenvalue weighted by Crippen LogP contribution is 2.44. The van der Waals surface area contributed by atoms with Crippen molar-refractivity contribution in [2.24, 2.45) is 0 Å². The monoisotopic (exact) mass is 562 g/mol. The fourth-order valence-electron chi connectivity index (χ4n) is 5.03. The van der Waals surface area contributed by atoms with Crippen LogP contribution in [0.4, 0.5) is 5.82 Å². The lowest BCUT2D eigenvalue weighted by Crippen LogP contribution is -2.44. The van der Waals surface area contributed by atoms with Crippen molar-refractivity contribution >= 4 is 44.8 Å². The third kappa shape index (κ3) is 6.02. The summed E-state index contributed by atoms with van der Waals surface area (Å²) < 4.78 is 7.40. The second-order valence-electron chi connectivity index (χ2n) is 11.3. The average Bonchev–Trinajstić information content (AvgIpc) is 3.31. The predicted octanol–water partition coefficient (Wildman–Crippen LogP) is 7.18. The van der Waals surface area contributed by atoms with E-state index >= 15 is 0 Å². The van der Waals surface area contributed by atoms with Crippen LogP contribution in [0.5, 0.6) is 0 Å². The van der Waals surface area contributed by atoms with Crippen molar-refractivity contribution < 1.29 is 9.53 Å². The first-order chi connectivity index (χ1) is 18.5. The van der Waals surface area contributed by atoms with Crippen molar-refractivity contribution in [1.29, 1.82) is 0 Å².